The van der Waals surface area contributed by atoms with Crippen molar-refractivity contribution in [3.8, 4) is 0 Å². The number of thioether (sulfide) groups is 1. The molecule has 1 rings (SSSR count). The van der Waals surface area contributed by atoms with Crippen LogP contribution in [0.3, 0.4) is 0 Å². The number of hydrogen-bond acceptors (Lipinski definition) is 3. The van der Waals surface area contributed by atoms with Crippen molar-refractivity contribution in [2.24, 2.45) is 5.84 Å². The van der Waals surface area contributed by atoms with Gasteiger partial charge in [0, 0.05) is 11.3 Å². The number of rotatable bonds is 6. The maximum absolute atomic E-state index is 13.8. The maximum atomic E-state index is 13.8. The highest BCUT2D eigenvalue weighted by Gasteiger charge is 2.15. The minimum Gasteiger partial charge on any atom is -0.271 e. The SMILES string of the molecule is CCCSCC(NN)c1cccc(Br)c1F. The summed E-state index contributed by atoms with van der Waals surface area (Å²) in [6.45, 7) is 2.12. The van der Waals surface area contributed by atoms with E-state index >= 15 is 0 Å². The summed E-state index contributed by atoms with van der Waals surface area (Å²) < 4.78 is 14.3. The van der Waals surface area contributed by atoms with E-state index in [4.69, 9.17) is 5.84 Å². The summed E-state index contributed by atoms with van der Waals surface area (Å²) in [4.78, 5) is 0. The van der Waals surface area contributed by atoms with E-state index < -0.39 is 0 Å². The smallest absolute Gasteiger partial charge is 0.142 e. The number of nitrogens with two attached hydrogens (primary N) is 1. The number of benzene rings is 1. The molecule has 0 heterocycles. The van der Waals surface area contributed by atoms with Crippen molar-refractivity contribution in [2.45, 2.75) is 19.4 Å². The van der Waals surface area contributed by atoms with Crippen molar-refractivity contribution in [2.75, 3.05) is 11.5 Å². The lowest BCUT2D eigenvalue weighted by Gasteiger charge is -2.17. The Labute approximate surface area is 108 Å². The van der Waals surface area contributed by atoms with Crippen LogP contribution in [0.4, 0.5) is 4.39 Å². The van der Waals surface area contributed by atoms with Gasteiger partial charge in [0.2, 0.25) is 0 Å². The molecule has 0 fully saturated rings. The predicted octanol–water partition coefficient (Wildman–Crippen LogP) is 3.24. The second-order valence-corrected chi connectivity index (χ2v) is 5.44. The van der Waals surface area contributed by atoms with Crippen molar-refractivity contribution in [1.29, 1.82) is 0 Å². The molecule has 0 aliphatic carbocycles. The fourth-order valence-electron chi connectivity index (χ4n) is 1.36. The van der Waals surface area contributed by atoms with E-state index in [1.807, 2.05) is 6.07 Å². The number of halogens is 2. The van der Waals surface area contributed by atoms with Gasteiger partial charge >= 0.3 is 0 Å². The van der Waals surface area contributed by atoms with E-state index in [-0.39, 0.29) is 11.9 Å². The largest absolute Gasteiger partial charge is 0.271 e. The Hall–Kier alpha value is -0.100. The van der Waals surface area contributed by atoms with Crippen LogP contribution in [0.2, 0.25) is 0 Å². The average molecular weight is 307 g/mol. The van der Waals surface area contributed by atoms with Gasteiger partial charge in [-0.2, -0.15) is 11.8 Å². The van der Waals surface area contributed by atoms with Crippen LogP contribution in [0.25, 0.3) is 0 Å². The number of hydrazine groups is 1. The second kappa shape index (κ2) is 7.27. The molecule has 0 spiro atoms. The third-order valence-electron chi connectivity index (χ3n) is 2.19. The first-order chi connectivity index (χ1) is 7.70. The van der Waals surface area contributed by atoms with Crippen molar-refractivity contribution >= 4 is 27.7 Å². The Kier molecular flexibility index (Phi) is 6.34. The van der Waals surface area contributed by atoms with Crippen LogP contribution in [0, 0.1) is 5.82 Å². The lowest BCUT2D eigenvalue weighted by atomic mass is 10.1. The summed E-state index contributed by atoms with van der Waals surface area (Å²) in [5.41, 5.74) is 3.28. The Morgan fingerprint density at radius 1 is 1.56 bits per heavy atom. The zero-order valence-corrected chi connectivity index (χ0v) is 11.6. The molecule has 0 amide bonds. The lowest BCUT2D eigenvalue weighted by Crippen LogP contribution is -2.30. The predicted molar refractivity (Wildman–Crippen MR) is 71.8 cm³/mol. The highest BCUT2D eigenvalue weighted by Crippen LogP contribution is 2.25. The molecular formula is C11H16BrFN2S. The summed E-state index contributed by atoms with van der Waals surface area (Å²) in [6.07, 6.45) is 1.11. The van der Waals surface area contributed by atoms with E-state index in [0.717, 1.165) is 17.9 Å². The molecule has 0 saturated heterocycles. The molecule has 16 heavy (non-hydrogen) atoms. The summed E-state index contributed by atoms with van der Waals surface area (Å²) >= 11 is 4.95. The summed E-state index contributed by atoms with van der Waals surface area (Å²) in [7, 11) is 0. The second-order valence-electron chi connectivity index (χ2n) is 3.44. The maximum Gasteiger partial charge on any atom is 0.142 e. The first-order valence-corrected chi connectivity index (χ1v) is 7.13. The molecule has 2 nitrogen and oxygen atoms in total. The van der Waals surface area contributed by atoms with E-state index in [1.165, 1.54) is 0 Å². The Bertz CT molecular complexity index is 336. The van der Waals surface area contributed by atoms with E-state index in [1.54, 1.807) is 23.9 Å². The van der Waals surface area contributed by atoms with Crippen LogP contribution in [0.5, 0.6) is 0 Å². The molecule has 0 aliphatic rings. The van der Waals surface area contributed by atoms with Gasteiger partial charge in [-0.05, 0) is 34.2 Å². The van der Waals surface area contributed by atoms with Gasteiger partial charge in [0.1, 0.15) is 5.82 Å². The van der Waals surface area contributed by atoms with Crippen molar-refractivity contribution in [3.05, 3.63) is 34.1 Å². The van der Waals surface area contributed by atoms with Gasteiger partial charge < -0.3 is 0 Å². The van der Waals surface area contributed by atoms with Crippen molar-refractivity contribution < 1.29 is 4.39 Å². The Morgan fingerprint density at radius 2 is 2.31 bits per heavy atom. The van der Waals surface area contributed by atoms with Crippen LogP contribution >= 0.6 is 27.7 Å². The molecule has 5 heteroatoms. The zero-order valence-electron chi connectivity index (χ0n) is 9.17. The van der Waals surface area contributed by atoms with Crippen LogP contribution in [0.15, 0.2) is 22.7 Å². The molecule has 0 aromatic heterocycles. The van der Waals surface area contributed by atoms with Crippen LogP contribution < -0.4 is 11.3 Å². The van der Waals surface area contributed by atoms with Crippen molar-refractivity contribution in [1.82, 2.24) is 5.43 Å². The van der Waals surface area contributed by atoms with Crippen LogP contribution in [-0.2, 0) is 0 Å². The highest BCUT2D eigenvalue weighted by molar-refractivity contribution is 9.10. The normalized spacial score (nSPS) is 12.8. The van der Waals surface area contributed by atoms with Gasteiger partial charge in [0.05, 0.1) is 10.5 Å². The number of nitrogens with one attached hydrogen (secondary N) is 1. The molecule has 1 unspecified atom stereocenters. The Balaban J connectivity index is 2.74. The molecule has 1 aromatic rings. The molecule has 0 aliphatic heterocycles. The topological polar surface area (TPSA) is 38.0 Å². The van der Waals surface area contributed by atoms with Crippen LogP contribution in [-0.4, -0.2) is 11.5 Å². The van der Waals surface area contributed by atoms with Gasteiger partial charge in [-0.15, -0.1) is 0 Å². The Morgan fingerprint density at radius 3 is 2.94 bits per heavy atom. The lowest BCUT2D eigenvalue weighted by molar-refractivity contribution is 0.543. The van der Waals surface area contributed by atoms with Gasteiger partial charge in [-0.3, -0.25) is 11.3 Å². The zero-order chi connectivity index (χ0) is 12.0. The minimum absolute atomic E-state index is 0.144. The summed E-state index contributed by atoms with van der Waals surface area (Å²) in [5, 5.41) is 0. The molecular weight excluding hydrogens is 291 g/mol. The standard InChI is InChI=1S/C11H16BrFN2S/c1-2-6-16-7-10(15-14)8-4-3-5-9(12)11(8)13/h3-5,10,15H,2,6-7,14H2,1H3. The molecule has 0 radical (unpaired) electrons. The van der Waals surface area contributed by atoms with Gasteiger partial charge in [-0.25, -0.2) is 4.39 Å². The third kappa shape index (κ3) is 3.73. The van der Waals surface area contributed by atoms with E-state index in [9.17, 15) is 4.39 Å². The average Bonchev–Trinajstić information content (AvgIpc) is 2.29. The fraction of sp³-hybridized carbons (Fsp3) is 0.455. The van der Waals surface area contributed by atoms with Crippen LogP contribution in [0.1, 0.15) is 24.9 Å². The third-order valence-corrected chi connectivity index (χ3v) is 4.07. The number of hydrogen-bond donors (Lipinski definition) is 2. The molecule has 3 N–H and O–H groups in total. The molecule has 1 aromatic carbocycles. The summed E-state index contributed by atoms with van der Waals surface area (Å²) in [5.74, 6) is 7.07. The monoisotopic (exact) mass is 306 g/mol. The van der Waals surface area contributed by atoms with Crippen molar-refractivity contribution in [3.63, 3.8) is 0 Å². The van der Waals surface area contributed by atoms with Gasteiger partial charge in [0.15, 0.2) is 0 Å². The molecule has 90 valence electrons. The minimum atomic E-state index is -0.234. The van der Waals surface area contributed by atoms with Gasteiger partial charge in [0.25, 0.3) is 0 Å². The first-order valence-electron chi connectivity index (χ1n) is 5.18. The molecule has 0 saturated carbocycles. The quantitative estimate of drug-likeness (QED) is 0.481. The highest BCUT2D eigenvalue weighted by atomic mass is 79.9. The van der Waals surface area contributed by atoms with Gasteiger partial charge in [-0.1, -0.05) is 19.1 Å². The molecule has 1 atom stereocenters. The van der Waals surface area contributed by atoms with E-state index in [2.05, 4.69) is 28.3 Å². The molecule has 0 bridgehead atoms. The summed E-state index contributed by atoms with van der Waals surface area (Å²) in [6, 6.07) is 5.12. The van der Waals surface area contributed by atoms with E-state index in [0.29, 0.717) is 10.0 Å². The first kappa shape index (κ1) is 14.0. The fourth-order valence-corrected chi connectivity index (χ4v) is 2.71.